The normalized spacial score (nSPS) is 8.82. The third-order valence-electron chi connectivity index (χ3n) is 1.60. The van der Waals surface area contributed by atoms with Crippen molar-refractivity contribution >= 4 is 0 Å². The van der Waals surface area contributed by atoms with Crippen molar-refractivity contribution in [3.8, 4) is 0 Å². The van der Waals surface area contributed by atoms with Gasteiger partial charge < -0.3 is 4.57 Å². The van der Waals surface area contributed by atoms with E-state index < -0.39 is 0 Å². The van der Waals surface area contributed by atoms with E-state index in [2.05, 4.69) is 16.5 Å². The molecule has 11 heavy (non-hydrogen) atoms. The highest BCUT2D eigenvalue weighted by molar-refractivity contribution is 5.09. The summed E-state index contributed by atoms with van der Waals surface area (Å²) < 4.78 is 2.06. The van der Waals surface area contributed by atoms with Crippen LogP contribution in [0.15, 0.2) is 6.33 Å². The Morgan fingerprint density at radius 1 is 1.45 bits per heavy atom. The standard InChI is InChI=1S/C7H12N2.C2H6/c1-4-7-6(2)8-5-9(7)3;1-2/h5H,4H2,1-3H3;1-2H3. The molecule has 0 radical (unpaired) electrons. The fourth-order valence-electron chi connectivity index (χ4n) is 1.08. The highest BCUT2D eigenvalue weighted by Crippen LogP contribution is 2.03. The number of rotatable bonds is 1. The molecule has 0 bridgehead atoms. The molecule has 0 saturated carbocycles. The summed E-state index contributed by atoms with van der Waals surface area (Å²) in [5.41, 5.74) is 2.48. The van der Waals surface area contributed by atoms with Crippen LogP contribution in [0.5, 0.6) is 0 Å². The van der Waals surface area contributed by atoms with Crippen LogP contribution >= 0.6 is 0 Å². The molecule has 2 nitrogen and oxygen atoms in total. The van der Waals surface area contributed by atoms with Crippen LogP contribution in [-0.4, -0.2) is 9.55 Å². The zero-order valence-corrected chi connectivity index (χ0v) is 8.18. The lowest BCUT2D eigenvalue weighted by Gasteiger charge is -1.96. The largest absolute Gasteiger partial charge is 0.337 e. The van der Waals surface area contributed by atoms with E-state index in [-0.39, 0.29) is 0 Å². The molecule has 2 heteroatoms. The smallest absolute Gasteiger partial charge is 0.0948 e. The summed E-state index contributed by atoms with van der Waals surface area (Å²) in [7, 11) is 2.03. The van der Waals surface area contributed by atoms with Crippen LogP contribution in [0.1, 0.15) is 32.2 Å². The molecule has 0 atom stereocenters. The predicted octanol–water partition coefficient (Wildman–Crippen LogP) is 2.32. The molecule has 1 aromatic heterocycles. The van der Waals surface area contributed by atoms with Crippen molar-refractivity contribution in [1.82, 2.24) is 9.55 Å². The Morgan fingerprint density at radius 3 is 2.18 bits per heavy atom. The van der Waals surface area contributed by atoms with E-state index in [4.69, 9.17) is 0 Å². The molecule has 1 heterocycles. The van der Waals surface area contributed by atoms with Crippen LogP contribution in [0.2, 0.25) is 0 Å². The molecule has 0 N–H and O–H groups in total. The van der Waals surface area contributed by atoms with Gasteiger partial charge in [0.15, 0.2) is 0 Å². The van der Waals surface area contributed by atoms with Crippen LogP contribution < -0.4 is 0 Å². The topological polar surface area (TPSA) is 17.8 Å². The third kappa shape index (κ3) is 2.37. The fourth-order valence-corrected chi connectivity index (χ4v) is 1.08. The summed E-state index contributed by atoms with van der Waals surface area (Å²) in [5, 5.41) is 0. The number of nitrogens with zero attached hydrogens (tertiary/aromatic N) is 2. The monoisotopic (exact) mass is 154 g/mol. The first-order valence-electron chi connectivity index (χ1n) is 4.22. The molecule has 0 aromatic carbocycles. The average molecular weight is 154 g/mol. The van der Waals surface area contributed by atoms with Crippen LogP contribution in [0.4, 0.5) is 0 Å². The molecule has 0 saturated heterocycles. The van der Waals surface area contributed by atoms with Crippen molar-refractivity contribution in [2.45, 2.75) is 34.1 Å². The van der Waals surface area contributed by atoms with Gasteiger partial charge in [0.2, 0.25) is 0 Å². The van der Waals surface area contributed by atoms with E-state index in [1.54, 1.807) is 0 Å². The van der Waals surface area contributed by atoms with Gasteiger partial charge in [-0.1, -0.05) is 20.8 Å². The molecule has 0 amide bonds. The van der Waals surface area contributed by atoms with E-state index in [0.717, 1.165) is 12.1 Å². The molecule has 0 aliphatic carbocycles. The molecule has 0 fully saturated rings. The van der Waals surface area contributed by atoms with E-state index in [1.807, 2.05) is 34.1 Å². The van der Waals surface area contributed by atoms with E-state index >= 15 is 0 Å². The Kier molecular flexibility index (Phi) is 4.59. The predicted molar refractivity (Wildman–Crippen MR) is 48.7 cm³/mol. The van der Waals surface area contributed by atoms with Gasteiger partial charge in [0.05, 0.1) is 12.0 Å². The van der Waals surface area contributed by atoms with Crippen molar-refractivity contribution in [1.29, 1.82) is 0 Å². The van der Waals surface area contributed by atoms with Gasteiger partial charge in [-0.05, 0) is 13.3 Å². The van der Waals surface area contributed by atoms with Gasteiger partial charge in [0, 0.05) is 12.7 Å². The zero-order valence-electron chi connectivity index (χ0n) is 8.18. The number of hydrogen-bond acceptors (Lipinski definition) is 1. The van der Waals surface area contributed by atoms with Crippen molar-refractivity contribution in [3.05, 3.63) is 17.7 Å². The maximum absolute atomic E-state index is 4.15. The molecule has 1 rings (SSSR count). The van der Waals surface area contributed by atoms with Gasteiger partial charge in [-0.3, -0.25) is 0 Å². The Morgan fingerprint density at radius 2 is 2.00 bits per heavy atom. The second-order valence-corrected chi connectivity index (χ2v) is 2.24. The maximum Gasteiger partial charge on any atom is 0.0948 e. The van der Waals surface area contributed by atoms with Crippen LogP contribution in [0.3, 0.4) is 0 Å². The Hall–Kier alpha value is -0.790. The fraction of sp³-hybridized carbons (Fsp3) is 0.667. The summed E-state index contributed by atoms with van der Waals surface area (Å²) in [6.45, 7) is 8.18. The summed E-state index contributed by atoms with van der Waals surface area (Å²) in [4.78, 5) is 4.15. The molecular weight excluding hydrogens is 136 g/mol. The van der Waals surface area contributed by atoms with Gasteiger partial charge in [-0.25, -0.2) is 4.98 Å². The lowest BCUT2D eigenvalue weighted by molar-refractivity contribution is 0.829. The number of imidazole rings is 1. The van der Waals surface area contributed by atoms with Gasteiger partial charge in [0.25, 0.3) is 0 Å². The second-order valence-electron chi connectivity index (χ2n) is 2.24. The van der Waals surface area contributed by atoms with Gasteiger partial charge >= 0.3 is 0 Å². The van der Waals surface area contributed by atoms with E-state index in [0.29, 0.717) is 0 Å². The molecule has 0 aliphatic heterocycles. The summed E-state index contributed by atoms with van der Waals surface area (Å²) in [5.74, 6) is 0. The SMILES string of the molecule is CC.CCc1c(C)ncn1C. The van der Waals surface area contributed by atoms with Gasteiger partial charge in [-0.15, -0.1) is 0 Å². The molecule has 64 valence electrons. The highest BCUT2D eigenvalue weighted by atomic mass is 15.0. The molecular formula is C9H18N2. The molecule has 0 aliphatic rings. The quantitative estimate of drug-likeness (QED) is 0.607. The zero-order chi connectivity index (χ0) is 8.85. The van der Waals surface area contributed by atoms with Crippen molar-refractivity contribution in [3.63, 3.8) is 0 Å². The maximum atomic E-state index is 4.15. The minimum atomic E-state index is 1.07. The van der Waals surface area contributed by atoms with Crippen molar-refractivity contribution in [2.75, 3.05) is 0 Å². The number of hydrogen-bond donors (Lipinski definition) is 0. The van der Waals surface area contributed by atoms with Crippen molar-refractivity contribution in [2.24, 2.45) is 7.05 Å². The second kappa shape index (κ2) is 4.94. The highest BCUT2D eigenvalue weighted by Gasteiger charge is 1.98. The summed E-state index contributed by atoms with van der Waals surface area (Å²) in [6.07, 6.45) is 2.93. The van der Waals surface area contributed by atoms with Gasteiger partial charge in [0.1, 0.15) is 0 Å². The Bertz CT molecular complexity index is 182. The lowest BCUT2D eigenvalue weighted by Crippen LogP contribution is -1.93. The Labute approximate surface area is 69.3 Å². The van der Waals surface area contributed by atoms with E-state index in [1.165, 1.54) is 5.69 Å². The van der Waals surface area contributed by atoms with Crippen molar-refractivity contribution < 1.29 is 0 Å². The minimum absolute atomic E-state index is 1.07. The van der Waals surface area contributed by atoms with Crippen LogP contribution in [0.25, 0.3) is 0 Å². The summed E-state index contributed by atoms with van der Waals surface area (Å²) in [6, 6.07) is 0. The Balaban J connectivity index is 0.000000461. The number of aromatic nitrogens is 2. The first-order chi connectivity index (χ1) is 5.25. The molecule has 1 aromatic rings. The summed E-state index contributed by atoms with van der Waals surface area (Å²) >= 11 is 0. The van der Waals surface area contributed by atoms with Crippen LogP contribution in [0, 0.1) is 6.92 Å². The number of aryl methyl sites for hydroxylation is 2. The minimum Gasteiger partial charge on any atom is -0.337 e. The first kappa shape index (κ1) is 10.2. The third-order valence-corrected chi connectivity index (χ3v) is 1.60. The molecule has 0 unspecified atom stereocenters. The lowest BCUT2D eigenvalue weighted by atomic mass is 10.3. The average Bonchev–Trinajstić information content (AvgIpc) is 2.35. The van der Waals surface area contributed by atoms with E-state index in [9.17, 15) is 0 Å². The molecule has 0 spiro atoms. The van der Waals surface area contributed by atoms with Gasteiger partial charge in [-0.2, -0.15) is 0 Å². The first-order valence-corrected chi connectivity index (χ1v) is 4.22. The van der Waals surface area contributed by atoms with Crippen LogP contribution in [-0.2, 0) is 13.5 Å².